The first-order valence-electron chi connectivity index (χ1n) is 6.49. The zero-order valence-corrected chi connectivity index (χ0v) is 11.4. The van der Waals surface area contributed by atoms with Gasteiger partial charge in [0.15, 0.2) is 0 Å². The van der Waals surface area contributed by atoms with Crippen molar-refractivity contribution in [3.8, 4) is 0 Å². The molecule has 0 saturated carbocycles. The Bertz CT molecular complexity index is 335. The molecule has 1 fully saturated rings. The molecule has 1 aromatic rings. The lowest BCUT2D eigenvalue weighted by molar-refractivity contribution is 0.337. The number of hydrogen-bond donors (Lipinski definition) is 1. The summed E-state index contributed by atoms with van der Waals surface area (Å²) in [4.78, 5) is 3.91. The first-order valence-corrected chi connectivity index (χ1v) is 7.72. The molecule has 1 heterocycles. The lowest BCUT2D eigenvalue weighted by atomic mass is 10.3. The second-order valence-electron chi connectivity index (χ2n) is 4.53. The molecule has 3 heteroatoms. The minimum absolute atomic E-state index is 1.08. The molecule has 1 aliphatic heterocycles. The van der Waals surface area contributed by atoms with Gasteiger partial charge < -0.3 is 10.2 Å². The number of nitrogens with one attached hydrogen (secondary N) is 1. The normalized spacial score (nSPS) is 16.3. The maximum atomic E-state index is 3.54. The number of likely N-dealkylation sites (tertiary alicyclic amines) is 1. The number of anilines is 1. The molecule has 94 valence electrons. The van der Waals surface area contributed by atoms with E-state index in [0.29, 0.717) is 0 Å². The van der Waals surface area contributed by atoms with E-state index in [9.17, 15) is 0 Å². The van der Waals surface area contributed by atoms with Crippen LogP contribution in [0.2, 0.25) is 0 Å². The number of benzene rings is 1. The van der Waals surface area contributed by atoms with E-state index in [1.807, 2.05) is 0 Å². The van der Waals surface area contributed by atoms with Gasteiger partial charge in [-0.1, -0.05) is 12.1 Å². The third kappa shape index (κ3) is 3.93. The third-order valence-corrected chi connectivity index (χ3v) is 4.07. The van der Waals surface area contributed by atoms with Crippen molar-refractivity contribution in [3.05, 3.63) is 24.3 Å². The highest BCUT2D eigenvalue weighted by Crippen LogP contribution is 2.24. The molecule has 0 aromatic heterocycles. The maximum Gasteiger partial charge on any atom is 0.0478 e. The van der Waals surface area contributed by atoms with Crippen LogP contribution >= 0.6 is 11.8 Å². The fraction of sp³-hybridized carbons (Fsp3) is 0.571. The lowest BCUT2D eigenvalue weighted by Crippen LogP contribution is -2.22. The van der Waals surface area contributed by atoms with Gasteiger partial charge in [-0.3, -0.25) is 0 Å². The highest BCUT2D eigenvalue weighted by Gasteiger charge is 2.10. The van der Waals surface area contributed by atoms with Gasteiger partial charge in [0.25, 0.3) is 0 Å². The van der Waals surface area contributed by atoms with Crippen LogP contribution in [0.3, 0.4) is 0 Å². The summed E-state index contributed by atoms with van der Waals surface area (Å²) >= 11 is 1.81. The summed E-state index contributed by atoms with van der Waals surface area (Å²) in [5.74, 6) is 0. The average molecular weight is 250 g/mol. The van der Waals surface area contributed by atoms with Gasteiger partial charge in [0.1, 0.15) is 0 Å². The van der Waals surface area contributed by atoms with Crippen molar-refractivity contribution in [3.63, 3.8) is 0 Å². The SMILES string of the molecule is CSc1ccccc1NCCCN1CCCC1. The summed E-state index contributed by atoms with van der Waals surface area (Å²) in [7, 11) is 0. The zero-order chi connectivity index (χ0) is 11.9. The van der Waals surface area contributed by atoms with Gasteiger partial charge in [0.05, 0.1) is 0 Å². The Kier molecular flexibility index (Phi) is 5.20. The van der Waals surface area contributed by atoms with Crippen molar-refractivity contribution in [2.45, 2.75) is 24.2 Å². The van der Waals surface area contributed by atoms with Gasteiger partial charge in [-0.25, -0.2) is 0 Å². The fourth-order valence-corrected chi connectivity index (χ4v) is 2.90. The molecule has 0 spiro atoms. The molecule has 0 atom stereocenters. The Morgan fingerprint density at radius 2 is 2.00 bits per heavy atom. The number of para-hydroxylation sites is 1. The molecule has 1 saturated heterocycles. The summed E-state index contributed by atoms with van der Waals surface area (Å²) < 4.78 is 0. The highest BCUT2D eigenvalue weighted by atomic mass is 32.2. The van der Waals surface area contributed by atoms with Crippen molar-refractivity contribution in [1.82, 2.24) is 4.90 Å². The van der Waals surface area contributed by atoms with Gasteiger partial charge in [0.2, 0.25) is 0 Å². The molecular weight excluding hydrogens is 228 g/mol. The van der Waals surface area contributed by atoms with Crippen LogP contribution in [-0.2, 0) is 0 Å². The monoisotopic (exact) mass is 250 g/mol. The van der Waals surface area contributed by atoms with Crippen LogP contribution < -0.4 is 5.32 Å². The predicted molar refractivity (Wildman–Crippen MR) is 77.0 cm³/mol. The first-order chi connectivity index (χ1) is 8.40. The standard InChI is InChI=1S/C14H22N2S/c1-17-14-8-3-2-7-13(14)15-9-6-12-16-10-4-5-11-16/h2-3,7-8,15H,4-6,9-12H2,1H3. The number of hydrogen-bond acceptors (Lipinski definition) is 3. The minimum Gasteiger partial charge on any atom is -0.384 e. The molecule has 1 aliphatic rings. The quantitative estimate of drug-likeness (QED) is 0.616. The summed E-state index contributed by atoms with van der Waals surface area (Å²) in [6, 6.07) is 8.54. The van der Waals surface area contributed by atoms with E-state index in [0.717, 1.165) is 6.54 Å². The summed E-state index contributed by atoms with van der Waals surface area (Å²) in [5.41, 5.74) is 1.28. The Labute approximate surface area is 109 Å². The highest BCUT2D eigenvalue weighted by molar-refractivity contribution is 7.98. The summed E-state index contributed by atoms with van der Waals surface area (Å²) in [6.45, 7) is 4.94. The van der Waals surface area contributed by atoms with E-state index in [-0.39, 0.29) is 0 Å². The molecule has 1 aromatic carbocycles. The van der Waals surface area contributed by atoms with Crippen LogP contribution in [0, 0.1) is 0 Å². The van der Waals surface area contributed by atoms with Crippen LogP contribution in [0.4, 0.5) is 5.69 Å². The van der Waals surface area contributed by atoms with Crippen molar-refractivity contribution in [1.29, 1.82) is 0 Å². The lowest BCUT2D eigenvalue weighted by Gasteiger charge is -2.15. The van der Waals surface area contributed by atoms with Gasteiger partial charge >= 0.3 is 0 Å². The molecule has 0 bridgehead atoms. The third-order valence-electron chi connectivity index (χ3n) is 3.27. The summed E-state index contributed by atoms with van der Waals surface area (Å²) in [6.07, 6.45) is 6.15. The van der Waals surface area contributed by atoms with E-state index in [1.54, 1.807) is 11.8 Å². The van der Waals surface area contributed by atoms with Gasteiger partial charge in [-0.2, -0.15) is 0 Å². The molecule has 0 aliphatic carbocycles. The van der Waals surface area contributed by atoms with E-state index >= 15 is 0 Å². The van der Waals surface area contributed by atoms with Crippen LogP contribution in [-0.4, -0.2) is 37.3 Å². The Morgan fingerprint density at radius 1 is 1.24 bits per heavy atom. The van der Waals surface area contributed by atoms with E-state index in [2.05, 4.69) is 40.7 Å². The zero-order valence-electron chi connectivity index (χ0n) is 10.6. The topological polar surface area (TPSA) is 15.3 Å². The Hall–Kier alpha value is -0.670. The van der Waals surface area contributed by atoms with Gasteiger partial charge in [-0.05, 0) is 57.3 Å². The second-order valence-corrected chi connectivity index (χ2v) is 5.38. The molecule has 2 nitrogen and oxygen atoms in total. The van der Waals surface area contributed by atoms with Crippen LogP contribution in [0.5, 0.6) is 0 Å². The van der Waals surface area contributed by atoms with Gasteiger partial charge in [0, 0.05) is 17.1 Å². The summed E-state index contributed by atoms with van der Waals surface area (Å²) in [5, 5.41) is 3.54. The van der Waals surface area contributed by atoms with Crippen LogP contribution in [0.25, 0.3) is 0 Å². The van der Waals surface area contributed by atoms with E-state index in [4.69, 9.17) is 0 Å². The molecule has 0 radical (unpaired) electrons. The first kappa shape index (κ1) is 12.8. The second kappa shape index (κ2) is 6.92. The number of nitrogens with zero attached hydrogens (tertiary/aromatic N) is 1. The fourth-order valence-electron chi connectivity index (χ4n) is 2.32. The Morgan fingerprint density at radius 3 is 2.76 bits per heavy atom. The predicted octanol–water partition coefficient (Wildman–Crippen LogP) is 3.31. The molecule has 0 amide bonds. The van der Waals surface area contributed by atoms with Crippen molar-refractivity contribution in [2.75, 3.05) is 37.8 Å². The largest absolute Gasteiger partial charge is 0.384 e. The van der Waals surface area contributed by atoms with E-state index in [1.165, 1.54) is 49.5 Å². The van der Waals surface area contributed by atoms with Crippen molar-refractivity contribution in [2.24, 2.45) is 0 Å². The van der Waals surface area contributed by atoms with Gasteiger partial charge in [-0.15, -0.1) is 11.8 Å². The smallest absolute Gasteiger partial charge is 0.0478 e. The molecule has 0 unspecified atom stereocenters. The molecule has 1 N–H and O–H groups in total. The minimum atomic E-state index is 1.08. The van der Waals surface area contributed by atoms with E-state index < -0.39 is 0 Å². The van der Waals surface area contributed by atoms with Crippen LogP contribution in [0.15, 0.2) is 29.2 Å². The average Bonchev–Trinajstić information content (AvgIpc) is 2.88. The Balaban J connectivity index is 1.70. The maximum absolute atomic E-state index is 3.54. The molecule has 2 rings (SSSR count). The van der Waals surface area contributed by atoms with Crippen molar-refractivity contribution < 1.29 is 0 Å². The number of rotatable bonds is 6. The molecule has 17 heavy (non-hydrogen) atoms. The van der Waals surface area contributed by atoms with Crippen molar-refractivity contribution >= 4 is 17.4 Å². The molecular formula is C14H22N2S. The number of thioether (sulfide) groups is 1. The van der Waals surface area contributed by atoms with Crippen LogP contribution in [0.1, 0.15) is 19.3 Å².